The van der Waals surface area contributed by atoms with Gasteiger partial charge in [0.1, 0.15) is 0 Å². The molecule has 1 heterocycles. The highest BCUT2D eigenvalue weighted by Gasteiger charge is 2.09. The van der Waals surface area contributed by atoms with Gasteiger partial charge in [-0.05, 0) is 25.5 Å². The molecule has 2 aromatic rings. The van der Waals surface area contributed by atoms with E-state index in [0.717, 1.165) is 21.7 Å². The van der Waals surface area contributed by atoms with E-state index < -0.39 is 0 Å². The number of hydrogen-bond acceptors (Lipinski definition) is 3. The van der Waals surface area contributed by atoms with Crippen LogP contribution < -0.4 is 4.87 Å². The monoisotopic (exact) mass is 287 g/mol. The molecule has 1 aromatic carbocycles. The van der Waals surface area contributed by atoms with E-state index in [2.05, 4.69) is 11.8 Å². The van der Waals surface area contributed by atoms with Gasteiger partial charge in [0.2, 0.25) is 0 Å². The first-order chi connectivity index (χ1) is 9.63. The van der Waals surface area contributed by atoms with Gasteiger partial charge in [-0.25, -0.2) is 0 Å². The minimum absolute atomic E-state index is 0.0669. The van der Waals surface area contributed by atoms with E-state index in [9.17, 15) is 4.79 Å². The van der Waals surface area contributed by atoms with Gasteiger partial charge < -0.3 is 5.11 Å². The van der Waals surface area contributed by atoms with E-state index in [1.807, 2.05) is 38.1 Å². The van der Waals surface area contributed by atoms with E-state index in [1.54, 1.807) is 4.57 Å². The summed E-state index contributed by atoms with van der Waals surface area (Å²) in [7, 11) is 0. The molecule has 0 saturated carbocycles. The Labute approximate surface area is 122 Å². The second-order valence-electron chi connectivity index (χ2n) is 4.53. The first kappa shape index (κ1) is 14.6. The molecule has 0 amide bonds. The van der Waals surface area contributed by atoms with E-state index in [-0.39, 0.29) is 11.5 Å². The van der Waals surface area contributed by atoms with Gasteiger partial charge >= 0.3 is 4.87 Å². The number of nitrogens with zero attached hydrogens (tertiary/aromatic N) is 1. The standard InChI is InChI=1S/C16H17NO2S/c1-12-13(2)20-16(19)17(12)11-15-9-4-3-7-14(15)8-5-6-10-18/h3-4,7,9,18H,6,10-11H2,1-2H3. The maximum absolute atomic E-state index is 11.9. The van der Waals surface area contributed by atoms with Crippen molar-refractivity contribution in [3.05, 3.63) is 55.6 Å². The van der Waals surface area contributed by atoms with Crippen molar-refractivity contribution in [1.82, 2.24) is 4.57 Å². The van der Waals surface area contributed by atoms with Crippen LogP contribution in [0.5, 0.6) is 0 Å². The SMILES string of the molecule is Cc1sc(=O)n(Cc2ccccc2C#CCCO)c1C. The third kappa shape index (κ3) is 3.19. The predicted octanol–water partition coefficient (Wildman–Crippen LogP) is 2.31. The molecule has 4 heteroatoms. The Morgan fingerprint density at radius 3 is 2.70 bits per heavy atom. The van der Waals surface area contributed by atoms with Crippen molar-refractivity contribution in [2.45, 2.75) is 26.8 Å². The largest absolute Gasteiger partial charge is 0.395 e. The Morgan fingerprint density at radius 2 is 2.05 bits per heavy atom. The third-order valence-electron chi connectivity index (χ3n) is 3.18. The van der Waals surface area contributed by atoms with Crippen LogP contribution in [0.1, 0.15) is 28.1 Å². The van der Waals surface area contributed by atoms with E-state index in [0.29, 0.717) is 13.0 Å². The van der Waals surface area contributed by atoms with Crippen molar-refractivity contribution < 1.29 is 5.11 Å². The third-order valence-corrected chi connectivity index (χ3v) is 4.18. The summed E-state index contributed by atoms with van der Waals surface area (Å²) < 4.78 is 1.78. The molecule has 0 saturated heterocycles. The van der Waals surface area contributed by atoms with Crippen LogP contribution in [0.3, 0.4) is 0 Å². The molecule has 0 spiro atoms. The molecule has 0 atom stereocenters. The average molecular weight is 287 g/mol. The van der Waals surface area contributed by atoms with Crippen molar-refractivity contribution in [2.75, 3.05) is 6.61 Å². The van der Waals surface area contributed by atoms with Crippen LogP contribution in [-0.2, 0) is 6.54 Å². The fourth-order valence-electron chi connectivity index (χ4n) is 1.93. The highest BCUT2D eigenvalue weighted by Crippen LogP contribution is 2.14. The predicted molar refractivity (Wildman–Crippen MR) is 82.2 cm³/mol. The smallest absolute Gasteiger partial charge is 0.307 e. The molecule has 2 rings (SSSR count). The Balaban J connectivity index is 2.35. The summed E-state index contributed by atoms with van der Waals surface area (Å²) in [6, 6.07) is 7.81. The van der Waals surface area contributed by atoms with Crippen molar-refractivity contribution in [3.63, 3.8) is 0 Å². The lowest BCUT2D eigenvalue weighted by molar-refractivity contribution is 0.305. The molecule has 20 heavy (non-hydrogen) atoms. The molecule has 0 aliphatic rings. The van der Waals surface area contributed by atoms with Gasteiger partial charge in [-0.15, -0.1) is 0 Å². The number of aromatic nitrogens is 1. The number of hydrogen-bond donors (Lipinski definition) is 1. The van der Waals surface area contributed by atoms with E-state index in [1.165, 1.54) is 11.3 Å². The maximum Gasteiger partial charge on any atom is 0.307 e. The fraction of sp³-hybridized carbons (Fsp3) is 0.312. The van der Waals surface area contributed by atoms with E-state index >= 15 is 0 Å². The Bertz CT molecular complexity index is 716. The molecule has 0 bridgehead atoms. The minimum Gasteiger partial charge on any atom is -0.395 e. The Kier molecular flexibility index (Phi) is 4.78. The van der Waals surface area contributed by atoms with Crippen LogP contribution in [0.25, 0.3) is 0 Å². The number of benzene rings is 1. The molecule has 3 nitrogen and oxygen atoms in total. The molecule has 0 unspecified atom stereocenters. The van der Waals surface area contributed by atoms with Crippen LogP contribution in [0.15, 0.2) is 29.1 Å². The first-order valence-electron chi connectivity index (χ1n) is 6.48. The van der Waals surface area contributed by atoms with Gasteiger partial charge in [0, 0.05) is 22.6 Å². The van der Waals surface area contributed by atoms with Crippen LogP contribution >= 0.6 is 11.3 Å². The number of aliphatic hydroxyl groups excluding tert-OH is 1. The molecule has 1 aromatic heterocycles. The normalized spacial score (nSPS) is 10.2. The highest BCUT2D eigenvalue weighted by molar-refractivity contribution is 7.09. The van der Waals surface area contributed by atoms with Crippen LogP contribution in [0.4, 0.5) is 0 Å². The van der Waals surface area contributed by atoms with Crippen molar-refractivity contribution in [2.24, 2.45) is 0 Å². The lowest BCUT2D eigenvalue weighted by Gasteiger charge is -2.07. The van der Waals surface area contributed by atoms with Crippen molar-refractivity contribution in [1.29, 1.82) is 0 Å². The zero-order valence-electron chi connectivity index (χ0n) is 11.6. The summed E-state index contributed by atoms with van der Waals surface area (Å²) in [6.45, 7) is 4.54. The average Bonchev–Trinajstić information content (AvgIpc) is 2.67. The molecule has 104 valence electrons. The second-order valence-corrected chi connectivity index (χ2v) is 5.69. The summed E-state index contributed by atoms with van der Waals surface area (Å²) in [4.78, 5) is 13.1. The summed E-state index contributed by atoms with van der Waals surface area (Å²) in [5, 5.41) is 8.78. The highest BCUT2D eigenvalue weighted by atomic mass is 32.1. The number of thiazole rings is 1. The number of aryl methyl sites for hydroxylation is 1. The van der Waals surface area contributed by atoms with Gasteiger partial charge in [0.15, 0.2) is 0 Å². The van der Waals surface area contributed by atoms with Gasteiger partial charge in [-0.3, -0.25) is 9.36 Å². The number of rotatable bonds is 3. The van der Waals surface area contributed by atoms with Crippen LogP contribution in [0, 0.1) is 25.7 Å². The Hall–Kier alpha value is -1.83. The van der Waals surface area contributed by atoms with Crippen LogP contribution in [-0.4, -0.2) is 16.3 Å². The fourth-order valence-corrected chi connectivity index (χ4v) is 2.77. The van der Waals surface area contributed by atoms with Gasteiger partial charge in [0.25, 0.3) is 0 Å². The van der Waals surface area contributed by atoms with Gasteiger partial charge in [-0.1, -0.05) is 41.4 Å². The zero-order chi connectivity index (χ0) is 14.5. The molecular weight excluding hydrogens is 270 g/mol. The van der Waals surface area contributed by atoms with Gasteiger partial charge in [0.05, 0.1) is 13.2 Å². The lowest BCUT2D eigenvalue weighted by atomic mass is 10.1. The molecule has 0 fully saturated rings. The molecule has 1 N–H and O–H groups in total. The van der Waals surface area contributed by atoms with Crippen LogP contribution in [0.2, 0.25) is 0 Å². The van der Waals surface area contributed by atoms with Crippen molar-refractivity contribution >= 4 is 11.3 Å². The topological polar surface area (TPSA) is 42.2 Å². The summed E-state index contributed by atoms with van der Waals surface area (Å²) in [5.74, 6) is 5.99. The first-order valence-corrected chi connectivity index (χ1v) is 7.29. The number of aliphatic hydroxyl groups is 1. The molecular formula is C16H17NO2S. The molecule has 0 aliphatic heterocycles. The summed E-state index contributed by atoms with van der Waals surface area (Å²) in [5.41, 5.74) is 2.95. The summed E-state index contributed by atoms with van der Waals surface area (Å²) in [6.07, 6.45) is 0.463. The molecule has 0 aliphatic carbocycles. The lowest BCUT2D eigenvalue weighted by Crippen LogP contribution is -2.16. The Morgan fingerprint density at radius 1 is 1.30 bits per heavy atom. The quantitative estimate of drug-likeness (QED) is 0.880. The summed E-state index contributed by atoms with van der Waals surface area (Å²) >= 11 is 1.28. The zero-order valence-corrected chi connectivity index (χ0v) is 12.5. The molecule has 0 radical (unpaired) electrons. The van der Waals surface area contributed by atoms with Crippen molar-refractivity contribution in [3.8, 4) is 11.8 Å². The minimum atomic E-state index is 0.0669. The van der Waals surface area contributed by atoms with Gasteiger partial charge in [-0.2, -0.15) is 0 Å². The maximum atomic E-state index is 11.9. The van der Waals surface area contributed by atoms with E-state index in [4.69, 9.17) is 5.11 Å². The second kappa shape index (κ2) is 6.56.